The van der Waals surface area contributed by atoms with Crippen LogP contribution in [0.4, 0.5) is 5.69 Å². The lowest BCUT2D eigenvalue weighted by atomic mass is 9.68. The Kier molecular flexibility index (Phi) is 7.17. The van der Waals surface area contributed by atoms with Gasteiger partial charge in [0.05, 0.1) is 34.7 Å². The first-order chi connectivity index (χ1) is 22.4. The fraction of sp³-hybridized carbons (Fsp3) is 0.333. The molecule has 10 heteroatoms. The van der Waals surface area contributed by atoms with E-state index in [4.69, 9.17) is 9.47 Å². The molecule has 1 aromatic heterocycles. The summed E-state index contributed by atoms with van der Waals surface area (Å²) in [5, 5.41) is 0.934. The number of nitrogens with zero attached hydrogens (tertiary/aromatic N) is 1. The topological polar surface area (TPSA) is 106 Å². The van der Waals surface area contributed by atoms with Crippen LogP contribution in [0, 0.1) is 36.5 Å². The molecule has 4 aromatic rings. The van der Waals surface area contributed by atoms with Crippen LogP contribution in [0.15, 0.2) is 82.6 Å². The van der Waals surface area contributed by atoms with Gasteiger partial charge in [0.1, 0.15) is 12.4 Å². The van der Waals surface area contributed by atoms with Gasteiger partial charge in [-0.2, -0.15) is 0 Å². The number of hydrogen-bond acceptors (Lipinski definition) is 8. The lowest BCUT2D eigenvalue weighted by molar-refractivity contribution is -0.123. The van der Waals surface area contributed by atoms with Crippen LogP contribution in [0.1, 0.15) is 51.2 Å². The van der Waals surface area contributed by atoms with Crippen LogP contribution in [0.25, 0.3) is 0 Å². The average molecular weight is 653 g/mol. The van der Waals surface area contributed by atoms with Gasteiger partial charge in [-0.1, -0.05) is 53.8 Å². The lowest BCUT2D eigenvalue weighted by Gasteiger charge is -2.43. The van der Waals surface area contributed by atoms with Crippen molar-refractivity contribution in [3.05, 3.63) is 110 Å². The number of benzene rings is 3. The first kappa shape index (κ1) is 29.3. The number of ether oxygens (including phenoxy) is 2. The number of fused-ring (bicyclic) bond motifs is 9. The number of aromatic amines is 1. The zero-order chi connectivity index (χ0) is 31.7. The van der Waals surface area contributed by atoms with Crippen molar-refractivity contribution in [2.75, 3.05) is 11.5 Å². The Morgan fingerprint density at radius 1 is 0.935 bits per heavy atom. The molecule has 3 fully saturated rings. The van der Waals surface area contributed by atoms with Crippen molar-refractivity contribution in [3.63, 3.8) is 0 Å². The van der Waals surface area contributed by atoms with Crippen molar-refractivity contribution in [1.82, 2.24) is 4.98 Å². The number of esters is 1. The minimum absolute atomic E-state index is 0.00403. The second-order valence-electron chi connectivity index (χ2n) is 12.5. The summed E-state index contributed by atoms with van der Waals surface area (Å²) in [5.74, 6) is -0.957. The maximum absolute atomic E-state index is 14.2. The van der Waals surface area contributed by atoms with Gasteiger partial charge in [0.25, 0.3) is 0 Å². The smallest absolute Gasteiger partial charge is 0.338 e. The number of para-hydroxylation sites is 1. The Hall–Kier alpha value is -4.15. The third-order valence-corrected chi connectivity index (χ3v) is 12.8. The van der Waals surface area contributed by atoms with E-state index in [1.54, 1.807) is 43.0 Å². The molecule has 2 aliphatic heterocycles. The van der Waals surface area contributed by atoms with Gasteiger partial charge in [-0.25, -0.2) is 4.79 Å². The summed E-state index contributed by atoms with van der Waals surface area (Å²) < 4.78 is 11.6. The Labute approximate surface area is 274 Å². The van der Waals surface area contributed by atoms with E-state index in [1.807, 2.05) is 30.3 Å². The van der Waals surface area contributed by atoms with Crippen LogP contribution < -0.4 is 14.5 Å². The normalized spacial score (nSPS) is 27.3. The molecule has 1 N–H and O–H groups in total. The predicted octanol–water partition coefficient (Wildman–Crippen LogP) is 6.18. The number of amides is 2. The van der Waals surface area contributed by atoms with Crippen LogP contribution in [-0.2, 0) is 20.9 Å². The van der Waals surface area contributed by atoms with Crippen molar-refractivity contribution in [3.8, 4) is 5.75 Å². The van der Waals surface area contributed by atoms with Crippen LogP contribution in [0.5, 0.6) is 5.75 Å². The van der Waals surface area contributed by atoms with Gasteiger partial charge in [0.2, 0.25) is 11.8 Å². The summed E-state index contributed by atoms with van der Waals surface area (Å²) in [6.45, 7) is 4.50. The molecule has 8 rings (SSSR count). The van der Waals surface area contributed by atoms with Crippen LogP contribution in [0.2, 0.25) is 0 Å². The number of thiazole rings is 1. The SMILES string of the molecule is CCOC(=O)c1ccc(N2C(=O)C3C4CC(C3C2=O)C2C4Sc3[nH]c(=O)sc3[C@@H]2c2ccccc2OCc2ccccc2C)cc1. The summed E-state index contributed by atoms with van der Waals surface area (Å²) in [6.07, 6.45) is 0.798. The summed E-state index contributed by atoms with van der Waals surface area (Å²) in [4.78, 5) is 58.4. The maximum atomic E-state index is 14.2. The number of hydrogen-bond donors (Lipinski definition) is 1. The molecule has 4 aliphatic rings. The first-order valence-electron chi connectivity index (χ1n) is 15.7. The highest BCUT2D eigenvalue weighted by molar-refractivity contribution is 8.00. The quantitative estimate of drug-likeness (QED) is 0.188. The number of thioether (sulfide) groups is 1. The second-order valence-corrected chi connectivity index (χ2v) is 14.7. The van der Waals surface area contributed by atoms with E-state index >= 15 is 0 Å². The van der Waals surface area contributed by atoms with Crippen molar-refractivity contribution in [2.24, 2.45) is 29.6 Å². The molecule has 2 bridgehead atoms. The monoisotopic (exact) mass is 652 g/mol. The van der Waals surface area contributed by atoms with Crippen molar-refractivity contribution in [1.29, 1.82) is 0 Å². The molecule has 3 heterocycles. The van der Waals surface area contributed by atoms with Crippen LogP contribution >= 0.6 is 23.1 Å². The minimum atomic E-state index is -0.441. The number of carbonyl (C=O) groups is 3. The van der Waals surface area contributed by atoms with Gasteiger partial charge < -0.3 is 14.5 Å². The number of aryl methyl sites for hydroxylation is 1. The molecule has 6 unspecified atom stereocenters. The molecule has 8 nitrogen and oxygen atoms in total. The molecule has 2 aliphatic carbocycles. The number of H-pyrrole nitrogens is 1. The molecule has 2 saturated carbocycles. The summed E-state index contributed by atoms with van der Waals surface area (Å²) in [5.41, 5.74) is 4.12. The van der Waals surface area contributed by atoms with Crippen molar-refractivity contribution < 1.29 is 23.9 Å². The van der Waals surface area contributed by atoms with Crippen LogP contribution in [-0.4, -0.2) is 34.6 Å². The summed E-state index contributed by atoms with van der Waals surface area (Å²) >= 11 is 2.91. The fourth-order valence-electron chi connectivity index (χ4n) is 8.38. The highest BCUT2D eigenvalue weighted by Gasteiger charge is 2.69. The van der Waals surface area contributed by atoms with Crippen molar-refractivity contribution in [2.45, 2.75) is 43.1 Å². The Morgan fingerprint density at radius 2 is 1.65 bits per heavy atom. The molecule has 234 valence electrons. The molecule has 1 saturated heterocycles. The van der Waals surface area contributed by atoms with Crippen LogP contribution in [0.3, 0.4) is 0 Å². The Morgan fingerprint density at radius 3 is 2.41 bits per heavy atom. The Balaban J connectivity index is 1.14. The molecule has 0 radical (unpaired) electrons. The third kappa shape index (κ3) is 4.48. The largest absolute Gasteiger partial charge is 0.489 e. The van der Waals surface area contributed by atoms with E-state index in [0.29, 0.717) is 17.9 Å². The predicted molar refractivity (Wildman–Crippen MR) is 175 cm³/mol. The maximum Gasteiger partial charge on any atom is 0.338 e. The Bertz CT molecular complexity index is 1930. The van der Waals surface area contributed by atoms with Gasteiger partial charge in [-0.15, -0.1) is 11.8 Å². The number of rotatable bonds is 7. The molecule has 2 amide bonds. The molecular formula is C36H32N2O6S2. The van der Waals surface area contributed by atoms with E-state index in [2.05, 4.69) is 30.1 Å². The zero-order valence-corrected chi connectivity index (χ0v) is 26.9. The van der Waals surface area contributed by atoms with Gasteiger partial charge >= 0.3 is 10.8 Å². The summed E-state index contributed by atoms with van der Waals surface area (Å²) in [6, 6.07) is 22.7. The standard InChI is InChI=1S/C36H32N2O6S2/c1-3-43-35(41)19-12-14-21(15-13-19)38-33(39)28-23-16-24(29(28)34(38)40)30-27(23)26(31-32(45-30)37-36(42)46-31)22-10-6-7-11-25(22)44-17-20-9-5-4-8-18(20)2/h4-15,23-24,26-30H,3,16-17H2,1-2H3,(H,37,42)/t23?,24?,26-,27?,28?,29?,30?/m1/s1. The van der Waals surface area contributed by atoms with E-state index in [1.165, 1.54) is 16.2 Å². The van der Waals surface area contributed by atoms with Gasteiger partial charge in [-0.05, 0) is 79.5 Å². The van der Waals surface area contributed by atoms with E-state index in [-0.39, 0.29) is 52.2 Å². The van der Waals surface area contributed by atoms with Gasteiger partial charge in [0, 0.05) is 21.6 Å². The lowest BCUT2D eigenvalue weighted by Crippen LogP contribution is -2.42. The highest BCUT2D eigenvalue weighted by atomic mass is 32.2. The molecule has 0 spiro atoms. The minimum Gasteiger partial charge on any atom is -0.489 e. The fourth-order valence-corrected chi connectivity index (χ4v) is 11.3. The summed E-state index contributed by atoms with van der Waals surface area (Å²) in [7, 11) is 0. The van der Waals surface area contributed by atoms with Gasteiger partial charge in [-0.3, -0.25) is 19.3 Å². The average Bonchev–Trinajstić information content (AvgIpc) is 3.80. The number of carbonyl (C=O) groups excluding carboxylic acids is 3. The van der Waals surface area contributed by atoms with Crippen molar-refractivity contribution >= 4 is 46.6 Å². The van der Waals surface area contributed by atoms with E-state index in [9.17, 15) is 19.2 Å². The van der Waals surface area contributed by atoms with E-state index < -0.39 is 17.8 Å². The highest BCUT2D eigenvalue weighted by Crippen LogP contribution is 2.69. The van der Waals surface area contributed by atoms with Gasteiger partial charge in [0.15, 0.2) is 0 Å². The molecule has 7 atom stereocenters. The third-order valence-electron chi connectivity index (χ3n) is 10.3. The number of anilines is 1. The number of imide groups is 1. The van der Waals surface area contributed by atoms with E-state index in [0.717, 1.165) is 38.8 Å². The first-order valence-corrected chi connectivity index (χ1v) is 17.4. The molecule has 46 heavy (non-hydrogen) atoms. The second kappa shape index (κ2) is 11.3. The molecular weight excluding hydrogens is 621 g/mol. The number of aromatic nitrogens is 1. The zero-order valence-electron chi connectivity index (χ0n) is 25.3. The molecule has 3 aromatic carbocycles. The number of nitrogens with one attached hydrogen (secondary N) is 1.